The summed E-state index contributed by atoms with van der Waals surface area (Å²) in [5, 5.41) is 2.96. The number of nitrogens with zero attached hydrogens (tertiary/aromatic N) is 2. The van der Waals surface area contributed by atoms with E-state index in [0.29, 0.717) is 17.9 Å². The molecule has 1 fully saturated rings. The topological polar surface area (TPSA) is 84.0 Å². The second-order valence-electron chi connectivity index (χ2n) is 4.24. The third kappa shape index (κ3) is 3.61. The molecular weight excluding hydrogens is 276 g/mol. The summed E-state index contributed by atoms with van der Waals surface area (Å²) >= 11 is 0. The van der Waals surface area contributed by atoms with Gasteiger partial charge in [0.25, 0.3) is 15.2 Å². The Morgan fingerprint density at radius 2 is 1.94 bits per heavy atom. The molecule has 102 valence electrons. The molecule has 1 atom stereocenters. The van der Waals surface area contributed by atoms with Crippen LogP contribution in [0.5, 0.6) is 0 Å². The third-order valence-electron chi connectivity index (χ3n) is 2.58. The zero-order chi connectivity index (χ0) is 12.5. The quantitative estimate of drug-likeness (QED) is 0.775. The van der Waals surface area contributed by atoms with Crippen molar-refractivity contribution in [3.8, 4) is 0 Å². The second-order valence-corrected chi connectivity index (χ2v) is 5.85. The molecule has 0 radical (unpaired) electrons. The van der Waals surface area contributed by atoms with E-state index in [-0.39, 0.29) is 23.6 Å². The van der Waals surface area contributed by atoms with Gasteiger partial charge < -0.3 is 5.32 Å². The number of nitrogens with one attached hydrogen (secondary N) is 2. The predicted octanol–water partition coefficient (Wildman–Crippen LogP) is 0.155. The Bertz CT molecular complexity index is 494. The molecule has 2 rings (SSSR count). The Labute approximate surface area is 113 Å². The molecule has 1 aliphatic heterocycles. The van der Waals surface area contributed by atoms with Gasteiger partial charge in [-0.1, -0.05) is 0 Å². The van der Waals surface area contributed by atoms with Crippen molar-refractivity contribution in [1.29, 1.82) is 0 Å². The Morgan fingerprint density at radius 1 is 1.33 bits per heavy atom. The van der Waals surface area contributed by atoms with Crippen LogP contribution in [0, 0.1) is 13.8 Å². The summed E-state index contributed by atoms with van der Waals surface area (Å²) in [6.45, 7) is 5.00. The highest BCUT2D eigenvalue weighted by atomic mass is 35.5. The predicted molar refractivity (Wildman–Crippen MR) is 70.4 cm³/mol. The molecule has 1 saturated heterocycles. The van der Waals surface area contributed by atoms with Gasteiger partial charge in [-0.2, -0.15) is 0 Å². The number of rotatable bonds is 3. The fourth-order valence-corrected chi connectivity index (χ4v) is 3.11. The van der Waals surface area contributed by atoms with Crippen LogP contribution >= 0.6 is 12.4 Å². The molecule has 0 aliphatic carbocycles. The van der Waals surface area contributed by atoms with E-state index in [0.717, 1.165) is 13.0 Å². The minimum Gasteiger partial charge on any atom is -0.315 e. The molecule has 2 heterocycles. The number of aromatic nitrogens is 2. The fraction of sp³-hybridized carbons (Fsp3) is 0.600. The van der Waals surface area contributed by atoms with Crippen LogP contribution in [0.25, 0.3) is 0 Å². The van der Waals surface area contributed by atoms with Crippen LogP contribution in [-0.4, -0.2) is 37.5 Å². The molecule has 0 saturated carbocycles. The van der Waals surface area contributed by atoms with Crippen molar-refractivity contribution in [3.63, 3.8) is 0 Å². The number of halogens is 1. The lowest BCUT2D eigenvalue weighted by molar-refractivity contribution is 0.550. The first-order chi connectivity index (χ1) is 7.97. The summed E-state index contributed by atoms with van der Waals surface area (Å²) in [6, 6.07) is 1.68. The van der Waals surface area contributed by atoms with E-state index >= 15 is 0 Å². The Kier molecular flexibility index (Phi) is 5.03. The third-order valence-corrected chi connectivity index (χ3v) is 3.89. The summed E-state index contributed by atoms with van der Waals surface area (Å²) in [5.41, 5.74) is 1.31. The van der Waals surface area contributed by atoms with Crippen LogP contribution in [0.2, 0.25) is 0 Å². The maximum Gasteiger partial charge on any atom is 0.276 e. The first kappa shape index (κ1) is 15.3. The van der Waals surface area contributed by atoms with Crippen LogP contribution in [0.3, 0.4) is 0 Å². The van der Waals surface area contributed by atoms with E-state index in [1.54, 1.807) is 19.9 Å². The zero-order valence-electron chi connectivity index (χ0n) is 10.3. The van der Waals surface area contributed by atoms with Crippen LogP contribution < -0.4 is 10.0 Å². The number of sulfonamides is 1. The summed E-state index contributed by atoms with van der Waals surface area (Å²) in [7, 11) is -3.60. The largest absolute Gasteiger partial charge is 0.315 e. The summed E-state index contributed by atoms with van der Waals surface area (Å²) in [5.74, 6) is 0. The van der Waals surface area contributed by atoms with Crippen molar-refractivity contribution in [3.05, 3.63) is 17.5 Å². The van der Waals surface area contributed by atoms with Gasteiger partial charge >= 0.3 is 0 Å². The standard InChI is InChI=1S/C10H16N4O2S.ClH/c1-7-5-8(2)13-10(12-7)17(15,16)14-9-3-4-11-6-9;/h5,9,11,14H,3-4,6H2,1-2H3;1H. The van der Waals surface area contributed by atoms with Crippen LogP contribution in [0.15, 0.2) is 11.2 Å². The monoisotopic (exact) mass is 292 g/mol. The summed E-state index contributed by atoms with van der Waals surface area (Å²) in [6.07, 6.45) is 0.796. The molecular formula is C10H17ClN4O2S. The summed E-state index contributed by atoms with van der Waals surface area (Å²) < 4.78 is 26.7. The highest BCUT2D eigenvalue weighted by molar-refractivity contribution is 7.89. The van der Waals surface area contributed by atoms with Gasteiger partial charge in [0.15, 0.2) is 0 Å². The van der Waals surface area contributed by atoms with Gasteiger partial charge in [-0.05, 0) is 32.9 Å². The molecule has 1 aromatic rings. The van der Waals surface area contributed by atoms with Gasteiger partial charge in [-0.25, -0.2) is 23.1 Å². The van der Waals surface area contributed by atoms with Gasteiger partial charge in [-0.15, -0.1) is 12.4 Å². The van der Waals surface area contributed by atoms with Crippen LogP contribution in [0.1, 0.15) is 17.8 Å². The molecule has 0 aromatic carbocycles. The van der Waals surface area contributed by atoms with E-state index < -0.39 is 10.0 Å². The Morgan fingerprint density at radius 3 is 2.44 bits per heavy atom. The highest BCUT2D eigenvalue weighted by Crippen LogP contribution is 2.08. The van der Waals surface area contributed by atoms with Gasteiger partial charge in [0.05, 0.1) is 0 Å². The normalized spacial score (nSPS) is 19.6. The first-order valence-electron chi connectivity index (χ1n) is 5.53. The second kappa shape index (κ2) is 5.92. The Hall–Kier alpha value is -0.760. The van der Waals surface area contributed by atoms with Crippen LogP contribution in [0.4, 0.5) is 0 Å². The van der Waals surface area contributed by atoms with E-state index in [4.69, 9.17) is 0 Å². The van der Waals surface area contributed by atoms with E-state index in [1.807, 2.05) is 0 Å². The molecule has 0 spiro atoms. The highest BCUT2D eigenvalue weighted by Gasteiger charge is 2.25. The van der Waals surface area contributed by atoms with Gasteiger partial charge in [0.1, 0.15) is 0 Å². The number of aryl methyl sites for hydroxylation is 2. The minimum atomic E-state index is -3.60. The Balaban J connectivity index is 0.00000162. The van der Waals surface area contributed by atoms with Crippen molar-refractivity contribution in [1.82, 2.24) is 20.0 Å². The lowest BCUT2D eigenvalue weighted by Crippen LogP contribution is -2.37. The first-order valence-corrected chi connectivity index (χ1v) is 7.01. The lowest BCUT2D eigenvalue weighted by Gasteiger charge is -2.11. The van der Waals surface area contributed by atoms with Gasteiger partial charge in [0.2, 0.25) is 0 Å². The number of hydrogen-bond donors (Lipinski definition) is 2. The molecule has 6 nitrogen and oxygen atoms in total. The van der Waals surface area contributed by atoms with E-state index in [1.165, 1.54) is 0 Å². The number of hydrogen-bond acceptors (Lipinski definition) is 5. The van der Waals surface area contributed by atoms with Gasteiger partial charge in [-0.3, -0.25) is 0 Å². The maximum atomic E-state index is 12.0. The smallest absolute Gasteiger partial charge is 0.276 e. The van der Waals surface area contributed by atoms with Crippen molar-refractivity contribution >= 4 is 22.4 Å². The van der Waals surface area contributed by atoms with Crippen molar-refractivity contribution in [2.24, 2.45) is 0 Å². The minimum absolute atomic E-state index is 0. The lowest BCUT2D eigenvalue weighted by atomic mass is 10.3. The molecule has 8 heteroatoms. The maximum absolute atomic E-state index is 12.0. The van der Waals surface area contributed by atoms with E-state index in [9.17, 15) is 8.42 Å². The molecule has 0 amide bonds. The molecule has 1 aromatic heterocycles. The van der Waals surface area contributed by atoms with E-state index in [2.05, 4.69) is 20.0 Å². The fourth-order valence-electron chi connectivity index (χ4n) is 1.84. The van der Waals surface area contributed by atoms with Crippen molar-refractivity contribution < 1.29 is 8.42 Å². The molecule has 18 heavy (non-hydrogen) atoms. The molecule has 1 aliphatic rings. The average molecular weight is 293 g/mol. The van der Waals surface area contributed by atoms with Crippen molar-refractivity contribution in [2.45, 2.75) is 31.5 Å². The zero-order valence-corrected chi connectivity index (χ0v) is 11.9. The average Bonchev–Trinajstić information content (AvgIpc) is 2.68. The molecule has 1 unspecified atom stereocenters. The summed E-state index contributed by atoms with van der Waals surface area (Å²) in [4.78, 5) is 7.93. The van der Waals surface area contributed by atoms with Crippen LogP contribution in [-0.2, 0) is 10.0 Å². The molecule has 0 bridgehead atoms. The van der Waals surface area contributed by atoms with Crippen molar-refractivity contribution in [2.75, 3.05) is 13.1 Å². The SMILES string of the molecule is Cc1cc(C)nc(S(=O)(=O)NC2CCNC2)n1.Cl. The van der Waals surface area contributed by atoms with Gasteiger partial charge in [0, 0.05) is 24.0 Å². The molecule has 2 N–H and O–H groups in total.